The van der Waals surface area contributed by atoms with Gasteiger partial charge in [0.25, 0.3) is 11.7 Å². The van der Waals surface area contributed by atoms with Gasteiger partial charge in [-0.1, -0.05) is 16.8 Å². The molecule has 0 aromatic heterocycles. The Kier molecular flexibility index (Phi) is 2.64. The first-order valence-electron chi connectivity index (χ1n) is 4.46. The van der Waals surface area contributed by atoms with Crippen LogP contribution in [0, 0.1) is 0 Å². The molecule has 1 aliphatic rings. The first kappa shape index (κ1) is 11.3. The summed E-state index contributed by atoms with van der Waals surface area (Å²) in [5.74, 6) is -3.04. The van der Waals surface area contributed by atoms with Gasteiger partial charge in [-0.3, -0.25) is 14.4 Å². The van der Waals surface area contributed by atoms with Crippen LogP contribution in [0.25, 0.3) is 0 Å². The largest absolute Gasteiger partial charge is 0.410 e. The highest BCUT2D eigenvalue weighted by atomic mass is 35.5. The van der Waals surface area contributed by atoms with E-state index in [1.165, 1.54) is 18.2 Å². The molecule has 17 heavy (non-hydrogen) atoms. The molecule has 86 valence electrons. The van der Waals surface area contributed by atoms with Crippen LogP contribution in [-0.4, -0.2) is 28.4 Å². The van der Waals surface area contributed by atoms with Crippen molar-refractivity contribution in [3.8, 4) is 0 Å². The third-order valence-electron chi connectivity index (χ3n) is 2.21. The van der Waals surface area contributed by atoms with Crippen molar-refractivity contribution in [3.05, 3.63) is 28.8 Å². The number of Topliss-reactive ketones (excluding diaryl/α,β-unsaturated/α-hetero) is 2. The highest BCUT2D eigenvalue weighted by Crippen LogP contribution is 2.23. The van der Waals surface area contributed by atoms with Crippen LogP contribution in [0.5, 0.6) is 0 Å². The summed E-state index contributed by atoms with van der Waals surface area (Å²) in [7, 11) is 0. The zero-order valence-electron chi connectivity index (χ0n) is 8.23. The summed E-state index contributed by atoms with van der Waals surface area (Å²) in [4.78, 5) is 34.6. The molecule has 2 rings (SSSR count). The number of hydrogen-bond acceptors (Lipinski definition) is 5. The van der Waals surface area contributed by atoms with E-state index in [9.17, 15) is 14.4 Å². The van der Waals surface area contributed by atoms with Crippen LogP contribution in [0.4, 0.5) is 5.69 Å². The second-order valence-corrected chi connectivity index (χ2v) is 3.69. The molecular weight excluding hydrogens is 248 g/mol. The summed E-state index contributed by atoms with van der Waals surface area (Å²) >= 11 is 5.70. The number of anilines is 1. The zero-order chi connectivity index (χ0) is 12.6. The molecule has 0 unspecified atom stereocenters. The van der Waals surface area contributed by atoms with Crippen LogP contribution < -0.4 is 5.32 Å². The van der Waals surface area contributed by atoms with Crippen LogP contribution in [0.2, 0.25) is 5.02 Å². The number of hydrogen-bond donors (Lipinski definition) is 2. The molecule has 7 heteroatoms. The molecule has 0 atom stereocenters. The molecule has 0 saturated carbocycles. The van der Waals surface area contributed by atoms with Gasteiger partial charge in [0.2, 0.25) is 11.5 Å². The average Bonchev–Trinajstić information content (AvgIpc) is 2.36. The number of halogens is 1. The SMILES string of the molecule is O=C1Nc2cc(Cl)ccc2C(=O)C(=O)C1=NO. The highest BCUT2D eigenvalue weighted by molar-refractivity contribution is 6.83. The van der Waals surface area contributed by atoms with E-state index in [1.54, 1.807) is 0 Å². The van der Waals surface area contributed by atoms with Crippen molar-refractivity contribution in [2.45, 2.75) is 0 Å². The van der Waals surface area contributed by atoms with Crippen LogP contribution >= 0.6 is 11.6 Å². The number of amides is 1. The predicted molar refractivity (Wildman–Crippen MR) is 58.6 cm³/mol. The molecule has 0 aliphatic carbocycles. The lowest BCUT2D eigenvalue weighted by molar-refractivity contribution is -0.113. The Labute approximate surface area is 99.9 Å². The number of nitrogens with zero attached hydrogens (tertiary/aromatic N) is 1. The summed E-state index contributed by atoms with van der Waals surface area (Å²) in [5, 5.41) is 13.6. The quantitative estimate of drug-likeness (QED) is 0.407. The van der Waals surface area contributed by atoms with E-state index in [0.717, 1.165) is 0 Å². The van der Waals surface area contributed by atoms with Crippen molar-refractivity contribution >= 4 is 40.5 Å². The maximum absolute atomic E-state index is 11.7. The van der Waals surface area contributed by atoms with Crippen LogP contribution in [0.1, 0.15) is 10.4 Å². The van der Waals surface area contributed by atoms with Gasteiger partial charge in [-0.25, -0.2) is 0 Å². The summed E-state index contributed by atoms with van der Waals surface area (Å²) in [5.41, 5.74) is -0.728. The minimum atomic E-state index is -1.16. The van der Waals surface area contributed by atoms with Crippen LogP contribution in [0.15, 0.2) is 23.4 Å². The summed E-state index contributed by atoms with van der Waals surface area (Å²) < 4.78 is 0. The fourth-order valence-corrected chi connectivity index (χ4v) is 1.60. The van der Waals surface area contributed by atoms with E-state index in [0.29, 0.717) is 5.02 Å². The molecule has 0 bridgehead atoms. The van der Waals surface area contributed by atoms with Gasteiger partial charge in [0.05, 0.1) is 5.69 Å². The lowest BCUT2D eigenvalue weighted by Gasteiger charge is -2.04. The first-order chi connectivity index (χ1) is 8.04. The second-order valence-electron chi connectivity index (χ2n) is 3.25. The number of carbonyl (C=O) groups excluding carboxylic acids is 3. The van der Waals surface area contributed by atoms with Crippen LogP contribution in [0.3, 0.4) is 0 Å². The number of fused-ring (bicyclic) bond motifs is 1. The Bertz CT molecular complexity index is 580. The van der Waals surface area contributed by atoms with Gasteiger partial charge in [0.1, 0.15) is 0 Å². The molecule has 1 heterocycles. The van der Waals surface area contributed by atoms with Crippen molar-refractivity contribution in [3.63, 3.8) is 0 Å². The molecule has 0 radical (unpaired) electrons. The maximum atomic E-state index is 11.7. The normalized spacial score (nSPS) is 17.7. The third kappa shape index (κ3) is 1.78. The van der Waals surface area contributed by atoms with Crippen molar-refractivity contribution < 1.29 is 19.6 Å². The Balaban J connectivity index is 2.64. The van der Waals surface area contributed by atoms with E-state index in [1.807, 2.05) is 0 Å². The van der Waals surface area contributed by atoms with Gasteiger partial charge in [-0.05, 0) is 18.2 Å². The minimum Gasteiger partial charge on any atom is -0.410 e. The third-order valence-corrected chi connectivity index (χ3v) is 2.45. The average molecular weight is 253 g/mol. The van der Waals surface area contributed by atoms with Crippen molar-refractivity contribution in [1.82, 2.24) is 0 Å². The monoisotopic (exact) mass is 252 g/mol. The van der Waals surface area contributed by atoms with Gasteiger partial charge in [-0.15, -0.1) is 0 Å². The number of oxime groups is 1. The van der Waals surface area contributed by atoms with Gasteiger partial charge < -0.3 is 10.5 Å². The van der Waals surface area contributed by atoms with Crippen LogP contribution in [-0.2, 0) is 9.59 Å². The molecule has 1 aromatic rings. The maximum Gasteiger partial charge on any atom is 0.281 e. The lowest BCUT2D eigenvalue weighted by Crippen LogP contribution is -2.31. The fraction of sp³-hybridized carbons (Fsp3) is 0. The molecule has 0 spiro atoms. The molecule has 0 fully saturated rings. The van der Waals surface area contributed by atoms with Crippen molar-refractivity contribution in [1.29, 1.82) is 0 Å². The second kappa shape index (κ2) is 3.99. The topological polar surface area (TPSA) is 95.8 Å². The number of benzene rings is 1. The van der Waals surface area contributed by atoms with Gasteiger partial charge in [0.15, 0.2) is 0 Å². The van der Waals surface area contributed by atoms with E-state index in [2.05, 4.69) is 10.5 Å². The standard InChI is InChI=1S/C10H5ClN2O4/c11-4-1-2-5-6(3-4)12-10(16)7(13-17)9(15)8(5)14/h1-3,17H,(H,12,16). The number of ketones is 2. The van der Waals surface area contributed by atoms with E-state index < -0.39 is 23.2 Å². The lowest BCUT2D eigenvalue weighted by atomic mass is 10.0. The summed E-state index contributed by atoms with van der Waals surface area (Å²) in [6.45, 7) is 0. The number of rotatable bonds is 0. The van der Waals surface area contributed by atoms with Crippen molar-refractivity contribution in [2.75, 3.05) is 5.32 Å². The highest BCUT2D eigenvalue weighted by Gasteiger charge is 2.34. The Morgan fingerprint density at radius 1 is 1.18 bits per heavy atom. The van der Waals surface area contributed by atoms with Gasteiger partial charge in [0, 0.05) is 10.6 Å². The molecule has 6 nitrogen and oxygen atoms in total. The van der Waals surface area contributed by atoms with Gasteiger partial charge >= 0.3 is 0 Å². The Morgan fingerprint density at radius 2 is 1.88 bits per heavy atom. The molecule has 1 aromatic carbocycles. The summed E-state index contributed by atoms with van der Waals surface area (Å²) in [6, 6.07) is 4.07. The molecular formula is C10H5ClN2O4. The summed E-state index contributed by atoms with van der Waals surface area (Å²) in [6.07, 6.45) is 0. The smallest absolute Gasteiger partial charge is 0.281 e. The van der Waals surface area contributed by atoms with Crippen molar-refractivity contribution in [2.24, 2.45) is 5.16 Å². The molecule has 2 N–H and O–H groups in total. The molecule has 0 saturated heterocycles. The van der Waals surface area contributed by atoms with Gasteiger partial charge in [-0.2, -0.15) is 0 Å². The zero-order valence-corrected chi connectivity index (χ0v) is 8.99. The molecule has 1 amide bonds. The van der Waals surface area contributed by atoms with E-state index in [4.69, 9.17) is 16.8 Å². The number of nitrogens with one attached hydrogen (secondary N) is 1. The number of carbonyl (C=O) groups is 3. The minimum absolute atomic E-state index is 0.00593. The van der Waals surface area contributed by atoms with E-state index >= 15 is 0 Å². The fourth-order valence-electron chi connectivity index (χ4n) is 1.42. The molecule has 1 aliphatic heterocycles. The predicted octanol–water partition coefficient (Wildman–Crippen LogP) is 0.874. The first-order valence-corrected chi connectivity index (χ1v) is 4.84. The Morgan fingerprint density at radius 3 is 2.53 bits per heavy atom. The Hall–Kier alpha value is -2.21. The van der Waals surface area contributed by atoms with E-state index in [-0.39, 0.29) is 11.3 Å².